The lowest BCUT2D eigenvalue weighted by molar-refractivity contribution is 0.761. The molecule has 1 aromatic heterocycles. The van der Waals surface area contributed by atoms with Crippen LogP contribution in [0, 0.1) is 0 Å². The normalized spacial score (nSPS) is 13.9. The summed E-state index contributed by atoms with van der Waals surface area (Å²) < 4.78 is 2.21. The summed E-state index contributed by atoms with van der Waals surface area (Å²) in [6, 6.07) is 4.19. The van der Waals surface area contributed by atoms with Gasteiger partial charge in [-0.2, -0.15) is 0 Å². The second-order valence-electron chi connectivity index (χ2n) is 2.76. The van der Waals surface area contributed by atoms with Crippen molar-refractivity contribution in [2.75, 3.05) is 0 Å². The van der Waals surface area contributed by atoms with Gasteiger partial charge in [-0.15, -0.1) is 0 Å². The van der Waals surface area contributed by atoms with E-state index in [9.17, 15) is 0 Å². The summed E-state index contributed by atoms with van der Waals surface area (Å²) in [5.41, 5.74) is 1.27. The summed E-state index contributed by atoms with van der Waals surface area (Å²) in [6.45, 7) is 5.29. The van der Waals surface area contributed by atoms with Crippen LogP contribution in [0.5, 0.6) is 0 Å². The van der Waals surface area contributed by atoms with Crippen molar-refractivity contribution in [1.82, 2.24) is 4.57 Å². The van der Waals surface area contributed by atoms with Crippen molar-refractivity contribution in [2.45, 2.75) is 25.2 Å². The summed E-state index contributed by atoms with van der Waals surface area (Å²) in [7, 11) is 0. The van der Waals surface area contributed by atoms with Gasteiger partial charge in [0.25, 0.3) is 0 Å². The molecule has 0 aliphatic carbocycles. The molecule has 0 saturated carbocycles. The molecular formula is C10H14BrN. The quantitative estimate of drug-likeness (QED) is 0.699. The molecule has 1 unspecified atom stereocenters. The number of nitrogens with zero attached hydrogens (tertiary/aromatic N) is 1. The van der Waals surface area contributed by atoms with E-state index in [1.807, 2.05) is 0 Å². The van der Waals surface area contributed by atoms with Crippen LogP contribution in [-0.2, 0) is 6.54 Å². The van der Waals surface area contributed by atoms with Gasteiger partial charge in [-0.1, -0.05) is 22.0 Å². The molecule has 0 amide bonds. The standard InChI is InChI=1S/C10H14BrN/c1-3-12-8-4-5-10(12)7-6-9(2)11/h4-9H,3H2,1-2H3/b7-6+. The largest absolute Gasteiger partial charge is 0.348 e. The Kier molecular flexibility index (Phi) is 3.60. The first-order valence-corrected chi connectivity index (χ1v) is 5.13. The molecule has 0 aliphatic rings. The van der Waals surface area contributed by atoms with Crippen molar-refractivity contribution < 1.29 is 0 Å². The number of aryl methyl sites for hydroxylation is 1. The summed E-state index contributed by atoms with van der Waals surface area (Å²) in [4.78, 5) is 0.442. The van der Waals surface area contributed by atoms with Crippen molar-refractivity contribution in [1.29, 1.82) is 0 Å². The Morgan fingerprint density at radius 2 is 2.42 bits per heavy atom. The van der Waals surface area contributed by atoms with E-state index in [-0.39, 0.29) is 0 Å². The van der Waals surface area contributed by atoms with Gasteiger partial charge in [-0.3, -0.25) is 0 Å². The molecule has 66 valence electrons. The third-order valence-corrected chi connectivity index (χ3v) is 2.04. The van der Waals surface area contributed by atoms with E-state index in [1.165, 1.54) is 5.69 Å². The highest BCUT2D eigenvalue weighted by molar-refractivity contribution is 9.09. The summed E-state index contributed by atoms with van der Waals surface area (Å²) in [5.74, 6) is 0. The maximum absolute atomic E-state index is 3.47. The first-order chi connectivity index (χ1) is 5.74. The first kappa shape index (κ1) is 9.59. The second kappa shape index (κ2) is 4.51. The van der Waals surface area contributed by atoms with Crippen molar-refractivity contribution >= 4 is 22.0 Å². The zero-order valence-corrected chi connectivity index (χ0v) is 9.08. The van der Waals surface area contributed by atoms with Crippen LogP contribution in [0.4, 0.5) is 0 Å². The molecule has 0 N–H and O–H groups in total. The van der Waals surface area contributed by atoms with Crippen LogP contribution < -0.4 is 0 Å². The molecule has 0 spiro atoms. The van der Waals surface area contributed by atoms with E-state index in [2.05, 4.69) is 64.8 Å². The topological polar surface area (TPSA) is 4.93 Å². The zero-order valence-electron chi connectivity index (χ0n) is 7.50. The molecule has 12 heavy (non-hydrogen) atoms. The van der Waals surface area contributed by atoms with Gasteiger partial charge in [0.2, 0.25) is 0 Å². The van der Waals surface area contributed by atoms with E-state index in [1.54, 1.807) is 0 Å². The minimum Gasteiger partial charge on any atom is -0.348 e. The van der Waals surface area contributed by atoms with E-state index in [0.717, 1.165) is 6.54 Å². The Hall–Kier alpha value is -0.500. The smallest absolute Gasteiger partial charge is 0.0403 e. The predicted molar refractivity (Wildman–Crippen MR) is 57.5 cm³/mol. The van der Waals surface area contributed by atoms with E-state index < -0.39 is 0 Å². The van der Waals surface area contributed by atoms with Crippen LogP contribution in [0.3, 0.4) is 0 Å². The summed E-state index contributed by atoms with van der Waals surface area (Å²) in [6.07, 6.45) is 6.38. The molecule has 0 aliphatic heterocycles. The summed E-state index contributed by atoms with van der Waals surface area (Å²) in [5, 5.41) is 0. The van der Waals surface area contributed by atoms with Gasteiger partial charge in [0, 0.05) is 23.3 Å². The maximum atomic E-state index is 3.47. The van der Waals surface area contributed by atoms with Gasteiger partial charge in [-0.25, -0.2) is 0 Å². The summed E-state index contributed by atoms with van der Waals surface area (Å²) >= 11 is 3.47. The van der Waals surface area contributed by atoms with Gasteiger partial charge >= 0.3 is 0 Å². The first-order valence-electron chi connectivity index (χ1n) is 4.21. The predicted octanol–water partition coefficient (Wildman–Crippen LogP) is 3.30. The fourth-order valence-electron chi connectivity index (χ4n) is 1.10. The lowest BCUT2D eigenvalue weighted by Crippen LogP contribution is -1.93. The van der Waals surface area contributed by atoms with Crippen LogP contribution in [0.15, 0.2) is 24.4 Å². The minimum atomic E-state index is 0.442. The molecule has 0 fully saturated rings. The van der Waals surface area contributed by atoms with Crippen LogP contribution in [0.25, 0.3) is 6.08 Å². The highest BCUT2D eigenvalue weighted by Crippen LogP contribution is 2.07. The Balaban J connectivity index is 2.74. The lowest BCUT2D eigenvalue weighted by Gasteiger charge is -2.00. The van der Waals surface area contributed by atoms with E-state index in [4.69, 9.17) is 0 Å². The number of hydrogen-bond donors (Lipinski definition) is 0. The molecule has 0 saturated heterocycles. The van der Waals surface area contributed by atoms with Crippen molar-refractivity contribution in [3.63, 3.8) is 0 Å². The number of alkyl halides is 1. The molecule has 0 aromatic carbocycles. The maximum Gasteiger partial charge on any atom is 0.0403 e. The molecule has 1 aromatic rings. The molecule has 1 heterocycles. The van der Waals surface area contributed by atoms with Crippen molar-refractivity contribution in [3.8, 4) is 0 Å². The second-order valence-corrected chi connectivity index (χ2v) is 4.20. The number of hydrogen-bond acceptors (Lipinski definition) is 0. The Bertz CT molecular complexity index is 261. The highest BCUT2D eigenvalue weighted by Gasteiger charge is 1.93. The van der Waals surface area contributed by atoms with E-state index in [0.29, 0.717) is 4.83 Å². The van der Waals surface area contributed by atoms with Gasteiger partial charge in [0.05, 0.1) is 0 Å². The Morgan fingerprint density at radius 3 is 3.00 bits per heavy atom. The van der Waals surface area contributed by atoms with Crippen LogP contribution in [0.2, 0.25) is 0 Å². The van der Waals surface area contributed by atoms with Crippen LogP contribution in [-0.4, -0.2) is 9.39 Å². The third-order valence-electron chi connectivity index (χ3n) is 1.74. The zero-order chi connectivity index (χ0) is 8.97. The molecule has 1 nitrogen and oxygen atoms in total. The highest BCUT2D eigenvalue weighted by atomic mass is 79.9. The van der Waals surface area contributed by atoms with Crippen LogP contribution in [0.1, 0.15) is 19.5 Å². The molecule has 2 heteroatoms. The Labute approximate surface area is 82.2 Å². The monoisotopic (exact) mass is 227 g/mol. The SMILES string of the molecule is CCn1cccc1/C=C/C(C)Br. The van der Waals surface area contributed by atoms with Gasteiger partial charge in [0.15, 0.2) is 0 Å². The average molecular weight is 228 g/mol. The minimum absolute atomic E-state index is 0.442. The van der Waals surface area contributed by atoms with Crippen molar-refractivity contribution in [3.05, 3.63) is 30.1 Å². The number of aromatic nitrogens is 1. The fourth-order valence-corrected chi connectivity index (χ4v) is 1.25. The molecule has 1 atom stereocenters. The molecule has 0 radical (unpaired) electrons. The average Bonchev–Trinajstić information content (AvgIpc) is 2.47. The van der Waals surface area contributed by atoms with Crippen molar-refractivity contribution in [2.24, 2.45) is 0 Å². The molecule has 1 rings (SSSR count). The number of allylic oxidation sites excluding steroid dienone is 1. The van der Waals surface area contributed by atoms with Gasteiger partial charge < -0.3 is 4.57 Å². The third kappa shape index (κ3) is 2.52. The van der Waals surface area contributed by atoms with Gasteiger partial charge in [-0.05, 0) is 32.1 Å². The molecular weight excluding hydrogens is 214 g/mol. The Morgan fingerprint density at radius 1 is 1.67 bits per heavy atom. The van der Waals surface area contributed by atoms with Gasteiger partial charge in [0.1, 0.15) is 0 Å². The van der Waals surface area contributed by atoms with E-state index >= 15 is 0 Å². The van der Waals surface area contributed by atoms with Crippen LogP contribution >= 0.6 is 15.9 Å². The molecule has 0 bridgehead atoms. The lowest BCUT2D eigenvalue weighted by atomic mass is 10.3. The number of halogens is 1. The number of rotatable bonds is 3. The fraction of sp³-hybridized carbons (Fsp3) is 0.400.